The van der Waals surface area contributed by atoms with E-state index in [1.807, 2.05) is 0 Å². The third-order valence-electron chi connectivity index (χ3n) is 3.75. The van der Waals surface area contributed by atoms with E-state index < -0.39 is 0 Å². The number of rotatable bonds is 4. The number of nitrogens with zero attached hydrogens (tertiary/aromatic N) is 1. The zero-order chi connectivity index (χ0) is 11.6. The molecule has 1 aromatic carbocycles. The zero-order valence-electron chi connectivity index (χ0n) is 10.2. The number of hydrogen-bond acceptors (Lipinski definition) is 2. The summed E-state index contributed by atoms with van der Waals surface area (Å²) in [6, 6.07) is 8.62. The molecule has 1 aliphatic rings. The first-order chi connectivity index (χ1) is 7.67. The molecule has 0 aliphatic carbocycles. The molecule has 0 radical (unpaired) electrons. The van der Waals surface area contributed by atoms with Gasteiger partial charge >= 0.3 is 0 Å². The van der Waals surface area contributed by atoms with Crippen molar-refractivity contribution in [3.8, 4) is 0 Å². The third kappa shape index (κ3) is 2.28. The summed E-state index contributed by atoms with van der Waals surface area (Å²) < 4.78 is 0. The van der Waals surface area contributed by atoms with Gasteiger partial charge in [0.05, 0.1) is 0 Å². The Morgan fingerprint density at radius 3 is 2.25 bits per heavy atom. The lowest BCUT2D eigenvalue weighted by Gasteiger charge is -2.30. The lowest BCUT2D eigenvalue weighted by molar-refractivity contribution is 0.0834. The first-order valence-corrected chi connectivity index (χ1v) is 6.07. The zero-order valence-corrected chi connectivity index (χ0v) is 10.2. The molecule has 1 aromatic rings. The summed E-state index contributed by atoms with van der Waals surface area (Å²) in [6.45, 7) is 7.64. The fourth-order valence-electron chi connectivity index (χ4n) is 2.33. The van der Waals surface area contributed by atoms with Crippen molar-refractivity contribution in [2.75, 3.05) is 13.2 Å². The van der Waals surface area contributed by atoms with Crippen LogP contribution in [-0.4, -0.2) is 23.2 Å². The molecule has 1 atom stereocenters. The van der Waals surface area contributed by atoms with Crippen molar-refractivity contribution in [3.63, 3.8) is 0 Å². The lowest BCUT2D eigenvalue weighted by atomic mass is 9.88. The van der Waals surface area contributed by atoms with E-state index in [4.69, 9.17) is 0 Å². The first kappa shape index (κ1) is 11.6. The Bertz CT molecular complexity index is 333. The highest BCUT2D eigenvalue weighted by atomic mass is 16.3. The molecule has 0 spiro atoms. The third-order valence-corrected chi connectivity index (χ3v) is 3.75. The maximum atomic E-state index is 9.44. The summed E-state index contributed by atoms with van der Waals surface area (Å²) in [5.41, 5.74) is 2.93. The predicted molar refractivity (Wildman–Crippen MR) is 66.0 cm³/mol. The van der Waals surface area contributed by atoms with Crippen LogP contribution in [0.5, 0.6) is 0 Å². The topological polar surface area (TPSA) is 23.5 Å². The van der Waals surface area contributed by atoms with E-state index in [1.54, 1.807) is 0 Å². The number of benzene rings is 1. The van der Waals surface area contributed by atoms with Crippen LogP contribution in [0.1, 0.15) is 31.4 Å². The van der Waals surface area contributed by atoms with Crippen molar-refractivity contribution in [2.24, 2.45) is 5.41 Å². The van der Waals surface area contributed by atoms with E-state index in [2.05, 4.69) is 43.0 Å². The summed E-state index contributed by atoms with van der Waals surface area (Å²) in [4.78, 5) is 2.43. The van der Waals surface area contributed by atoms with Gasteiger partial charge in [-0.05, 0) is 17.5 Å². The predicted octanol–water partition coefficient (Wildman–Crippen LogP) is 2.41. The van der Waals surface area contributed by atoms with E-state index in [9.17, 15) is 5.11 Å². The molecule has 0 aromatic heterocycles. The Balaban J connectivity index is 2.02. The van der Waals surface area contributed by atoms with Gasteiger partial charge in [0, 0.05) is 31.7 Å². The summed E-state index contributed by atoms with van der Waals surface area (Å²) in [5, 5.41) is 9.44. The SMILES string of the molecule is CCC(C)(CO)CN1Cc2ccccc2C1. The van der Waals surface area contributed by atoms with Gasteiger partial charge in [0.25, 0.3) is 0 Å². The Labute approximate surface area is 97.9 Å². The van der Waals surface area contributed by atoms with E-state index in [0.717, 1.165) is 26.1 Å². The number of aliphatic hydroxyl groups excluding tert-OH is 1. The molecule has 0 amide bonds. The maximum Gasteiger partial charge on any atom is 0.0496 e. The Kier molecular flexibility index (Phi) is 3.31. The van der Waals surface area contributed by atoms with Gasteiger partial charge in [-0.15, -0.1) is 0 Å². The van der Waals surface area contributed by atoms with E-state index in [-0.39, 0.29) is 12.0 Å². The summed E-state index contributed by atoms with van der Waals surface area (Å²) in [7, 11) is 0. The fraction of sp³-hybridized carbons (Fsp3) is 0.571. The minimum absolute atomic E-state index is 0.0437. The van der Waals surface area contributed by atoms with Crippen LogP contribution in [0.15, 0.2) is 24.3 Å². The Morgan fingerprint density at radius 1 is 1.25 bits per heavy atom. The standard InChI is InChI=1S/C14H21NO/c1-3-14(2,11-16)10-15-8-12-6-4-5-7-13(12)9-15/h4-7,16H,3,8-11H2,1-2H3. The Hall–Kier alpha value is -0.860. The van der Waals surface area contributed by atoms with Gasteiger partial charge in [-0.2, -0.15) is 0 Å². The van der Waals surface area contributed by atoms with E-state index in [1.165, 1.54) is 11.1 Å². The second kappa shape index (κ2) is 4.56. The molecular weight excluding hydrogens is 198 g/mol. The van der Waals surface area contributed by atoms with Crippen molar-refractivity contribution >= 4 is 0 Å². The minimum Gasteiger partial charge on any atom is -0.396 e. The van der Waals surface area contributed by atoms with Gasteiger partial charge in [0.1, 0.15) is 0 Å². The van der Waals surface area contributed by atoms with Gasteiger partial charge in [-0.1, -0.05) is 38.1 Å². The quantitative estimate of drug-likeness (QED) is 0.840. The average Bonchev–Trinajstić information content (AvgIpc) is 2.70. The molecule has 1 N–H and O–H groups in total. The molecule has 88 valence electrons. The van der Waals surface area contributed by atoms with Crippen LogP contribution in [0.3, 0.4) is 0 Å². The maximum absolute atomic E-state index is 9.44. The average molecular weight is 219 g/mol. The molecule has 0 saturated carbocycles. The van der Waals surface area contributed by atoms with Crippen LogP contribution in [0.4, 0.5) is 0 Å². The van der Waals surface area contributed by atoms with Crippen molar-refractivity contribution < 1.29 is 5.11 Å². The van der Waals surface area contributed by atoms with Crippen LogP contribution < -0.4 is 0 Å². The minimum atomic E-state index is 0.0437. The van der Waals surface area contributed by atoms with Crippen molar-refractivity contribution in [1.29, 1.82) is 0 Å². The molecule has 2 heteroatoms. The van der Waals surface area contributed by atoms with Crippen LogP contribution in [0, 0.1) is 5.41 Å². The molecule has 2 rings (SSSR count). The molecule has 16 heavy (non-hydrogen) atoms. The van der Waals surface area contributed by atoms with Crippen LogP contribution in [0.2, 0.25) is 0 Å². The fourth-order valence-corrected chi connectivity index (χ4v) is 2.33. The van der Waals surface area contributed by atoms with Crippen LogP contribution in [0.25, 0.3) is 0 Å². The number of hydrogen-bond donors (Lipinski definition) is 1. The normalized spacial score (nSPS) is 19.4. The molecule has 2 nitrogen and oxygen atoms in total. The first-order valence-electron chi connectivity index (χ1n) is 6.07. The number of fused-ring (bicyclic) bond motifs is 1. The second-order valence-corrected chi connectivity index (χ2v) is 5.24. The molecule has 1 unspecified atom stereocenters. The van der Waals surface area contributed by atoms with Gasteiger partial charge < -0.3 is 5.11 Å². The largest absolute Gasteiger partial charge is 0.396 e. The van der Waals surface area contributed by atoms with Crippen molar-refractivity contribution in [1.82, 2.24) is 4.90 Å². The van der Waals surface area contributed by atoms with Crippen LogP contribution >= 0.6 is 0 Å². The van der Waals surface area contributed by atoms with Crippen molar-refractivity contribution in [2.45, 2.75) is 33.4 Å². The molecular formula is C14H21NO. The molecule has 1 heterocycles. The van der Waals surface area contributed by atoms with E-state index >= 15 is 0 Å². The van der Waals surface area contributed by atoms with Gasteiger partial charge in [-0.25, -0.2) is 0 Å². The highest BCUT2D eigenvalue weighted by molar-refractivity contribution is 5.30. The highest BCUT2D eigenvalue weighted by Gasteiger charge is 2.27. The van der Waals surface area contributed by atoms with Crippen LogP contribution in [-0.2, 0) is 13.1 Å². The molecule has 0 saturated heterocycles. The number of aliphatic hydroxyl groups is 1. The summed E-state index contributed by atoms with van der Waals surface area (Å²) in [6.07, 6.45) is 1.02. The summed E-state index contributed by atoms with van der Waals surface area (Å²) >= 11 is 0. The van der Waals surface area contributed by atoms with Gasteiger partial charge in [-0.3, -0.25) is 4.90 Å². The molecule has 1 aliphatic heterocycles. The van der Waals surface area contributed by atoms with Gasteiger partial charge in [0.15, 0.2) is 0 Å². The molecule has 0 fully saturated rings. The lowest BCUT2D eigenvalue weighted by Crippen LogP contribution is -2.35. The summed E-state index contributed by atoms with van der Waals surface area (Å²) in [5.74, 6) is 0. The van der Waals surface area contributed by atoms with Gasteiger partial charge in [0.2, 0.25) is 0 Å². The monoisotopic (exact) mass is 219 g/mol. The Morgan fingerprint density at radius 2 is 1.81 bits per heavy atom. The second-order valence-electron chi connectivity index (χ2n) is 5.24. The highest BCUT2D eigenvalue weighted by Crippen LogP contribution is 2.28. The molecule has 0 bridgehead atoms. The van der Waals surface area contributed by atoms with E-state index in [0.29, 0.717) is 0 Å². The smallest absolute Gasteiger partial charge is 0.0496 e. The van der Waals surface area contributed by atoms with Crippen molar-refractivity contribution in [3.05, 3.63) is 35.4 Å².